The zero-order valence-corrected chi connectivity index (χ0v) is 11.4. The Morgan fingerprint density at radius 1 is 1.33 bits per heavy atom. The van der Waals surface area contributed by atoms with E-state index in [1.807, 2.05) is 4.52 Å². The Hall–Kier alpha value is -1.05. The molecule has 3 rings (SSSR count). The van der Waals surface area contributed by atoms with E-state index in [0.717, 1.165) is 28.6 Å². The Morgan fingerprint density at radius 2 is 2.06 bits per heavy atom. The molecule has 7 heteroatoms. The highest BCUT2D eigenvalue weighted by Crippen LogP contribution is 2.32. The van der Waals surface area contributed by atoms with E-state index in [1.165, 1.54) is 11.3 Å². The van der Waals surface area contributed by atoms with Gasteiger partial charge < -0.3 is 10.5 Å². The largest absolute Gasteiger partial charge is 0.381 e. The molecular weight excluding hydrogens is 250 g/mol. The van der Waals surface area contributed by atoms with E-state index in [2.05, 4.69) is 29.1 Å². The van der Waals surface area contributed by atoms with Crippen LogP contribution in [0.5, 0.6) is 0 Å². The van der Waals surface area contributed by atoms with Crippen molar-refractivity contribution < 1.29 is 4.74 Å². The highest BCUT2D eigenvalue weighted by molar-refractivity contribution is 7.16. The van der Waals surface area contributed by atoms with Gasteiger partial charge in [-0.2, -0.15) is 9.61 Å². The predicted octanol–water partition coefficient (Wildman–Crippen LogP) is 1.27. The summed E-state index contributed by atoms with van der Waals surface area (Å²) in [6.45, 7) is 5.58. The van der Waals surface area contributed by atoms with Crippen LogP contribution >= 0.6 is 11.3 Å². The van der Waals surface area contributed by atoms with Crippen LogP contribution in [0.3, 0.4) is 0 Å². The van der Waals surface area contributed by atoms with Gasteiger partial charge in [0.25, 0.3) is 0 Å². The molecule has 1 fully saturated rings. The Morgan fingerprint density at radius 3 is 2.72 bits per heavy atom. The number of aromatic nitrogens is 4. The molecule has 3 heterocycles. The first-order valence-electron chi connectivity index (χ1n) is 6.19. The van der Waals surface area contributed by atoms with Gasteiger partial charge in [-0.15, -0.1) is 10.2 Å². The maximum absolute atomic E-state index is 6.44. The van der Waals surface area contributed by atoms with E-state index in [1.54, 1.807) is 0 Å². The lowest BCUT2D eigenvalue weighted by molar-refractivity contribution is 0.0518. The first kappa shape index (κ1) is 12.0. The second-order valence-corrected chi connectivity index (χ2v) is 6.04. The average molecular weight is 267 g/mol. The van der Waals surface area contributed by atoms with Gasteiger partial charge in [0.15, 0.2) is 5.82 Å². The van der Waals surface area contributed by atoms with Crippen molar-refractivity contribution in [2.24, 2.45) is 5.73 Å². The van der Waals surface area contributed by atoms with E-state index < -0.39 is 0 Å². The van der Waals surface area contributed by atoms with Gasteiger partial charge in [-0.1, -0.05) is 25.2 Å². The molecule has 1 saturated heterocycles. The molecule has 0 aliphatic carbocycles. The van der Waals surface area contributed by atoms with E-state index in [0.29, 0.717) is 19.1 Å². The summed E-state index contributed by atoms with van der Waals surface area (Å²) >= 11 is 1.54. The standard InChI is InChI=1S/C11H17N5OS/c1-7(2)8-13-14-10-16(8)15-9(18-10)11(12)3-5-17-6-4-11/h7H,3-6,12H2,1-2H3. The first-order valence-corrected chi connectivity index (χ1v) is 7.01. The molecule has 2 aromatic rings. The third-order valence-corrected chi connectivity index (χ3v) is 4.46. The summed E-state index contributed by atoms with van der Waals surface area (Å²) < 4.78 is 7.19. The minimum absolute atomic E-state index is 0.304. The third-order valence-electron chi connectivity index (χ3n) is 3.34. The normalized spacial score (nSPS) is 19.8. The van der Waals surface area contributed by atoms with Crippen molar-refractivity contribution in [3.05, 3.63) is 10.8 Å². The Labute approximate surface area is 109 Å². The molecule has 6 nitrogen and oxygen atoms in total. The fourth-order valence-electron chi connectivity index (χ4n) is 2.14. The summed E-state index contributed by atoms with van der Waals surface area (Å²) in [5, 5.41) is 13.9. The van der Waals surface area contributed by atoms with E-state index in [9.17, 15) is 0 Å². The van der Waals surface area contributed by atoms with Gasteiger partial charge in [0.05, 0.1) is 5.54 Å². The maximum Gasteiger partial charge on any atom is 0.234 e. The van der Waals surface area contributed by atoms with Crippen molar-refractivity contribution in [2.45, 2.75) is 38.1 Å². The number of ether oxygens (including phenoxy) is 1. The van der Waals surface area contributed by atoms with Crippen LogP contribution in [-0.4, -0.2) is 33.0 Å². The second kappa shape index (κ2) is 4.25. The van der Waals surface area contributed by atoms with Gasteiger partial charge in [0.2, 0.25) is 4.96 Å². The third kappa shape index (κ3) is 1.82. The van der Waals surface area contributed by atoms with Crippen LogP contribution in [0.15, 0.2) is 0 Å². The minimum atomic E-state index is -0.363. The lowest BCUT2D eigenvalue weighted by Gasteiger charge is -2.30. The van der Waals surface area contributed by atoms with Crippen LogP contribution < -0.4 is 5.73 Å². The highest BCUT2D eigenvalue weighted by atomic mass is 32.1. The van der Waals surface area contributed by atoms with Gasteiger partial charge in [-0.25, -0.2) is 0 Å². The summed E-state index contributed by atoms with van der Waals surface area (Å²) in [5.74, 6) is 1.20. The number of hydrogen-bond donors (Lipinski definition) is 1. The molecule has 0 saturated carbocycles. The van der Waals surface area contributed by atoms with Gasteiger partial charge in [-0.3, -0.25) is 0 Å². The molecule has 0 spiro atoms. The topological polar surface area (TPSA) is 78.3 Å². The molecule has 1 aliphatic heterocycles. The fourth-order valence-corrected chi connectivity index (χ4v) is 3.15. The maximum atomic E-state index is 6.44. The molecule has 98 valence electrons. The van der Waals surface area contributed by atoms with Crippen LogP contribution in [0.4, 0.5) is 0 Å². The SMILES string of the molecule is CC(C)c1nnc2sc(C3(N)CCOCC3)nn12. The lowest BCUT2D eigenvalue weighted by Crippen LogP contribution is -2.42. The lowest BCUT2D eigenvalue weighted by atomic mass is 9.92. The van der Waals surface area contributed by atoms with E-state index in [4.69, 9.17) is 10.5 Å². The first-order chi connectivity index (χ1) is 8.60. The quantitative estimate of drug-likeness (QED) is 0.886. The van der Waals surface area contributed by atoms with Crippen molar-refractivity contribution in [2.75, 3.05) is 13.2 Å². The number of nitrogens with two attached hydrogens (primary N) is 1. The zero-order valence-electron chi connectivity index (χ0n) is 10.6. The Kier molecular flexibility index (Phi) is 2.84. The minimum Gasteiger partial charge on any atom is -0.381 e. The second-order valence-electron chi connectivity index (χ2n) is 5.08. The Bertz CT molecular complexity index is 555. The summed E-state index contributed by atoms with van der Waals surface area (Å²) in [4.78, 5) is 0.824. The van der Waals surface area contributed by atoms with Gasteiger partial charge in [-0.05, 0) is 12.8 Å². The molecule has 0 amide bonds. The van der Waals surface area contributed by atoms with Gasteiger partial charge >= 0.3 is 0 Å². The van der Waals surface area contributed by atoms with E-state index in [-0.39, 0.29) is 5.54 Å². The van der Waals surface area contributed by atoms with Crippen molar-refractivity contribution in [3.63, 3.8) is 0 Å². The number of hydrogen-bond acceptors (Lipinski definition) is 6. The zero-order chi connectivity index (χ0) is 12.8. The molecule has 2 N–H and O–H groups in total. The molecule has 0 unspecified atom stereocenters. The van der Waals surface area contributed by atoms with Crippen LogP contribution in [0, 0.1) is 0 Å². The summed E-state index contributed by atoms with van der Waals surface area (Å²) in [6, 6.07) is 0. The van der Waals surface area contributed by atoms with E-state index >= 15 is 0 Å². The molecule has 18 heavy (non-hydrogen) atoms. The fraction of sp³-hybridized carbons (Fsp3) is 0.727. The molecule has 2 aromatic heterocycles. The monoisotopic (exact) mass is 267 g/mol. The summed E-state index contributed by atoms with van der Waals surface area (Å²) in [6.07, 6.45) is 1.63. The molecule has 0 atom stereocenters. The number of rotatable bonds is 2. The Balaban J connectivity index is 2.02. The van der Waals surface area contributed by atoms with Gasteiger partial charge in [0, 0.05) is 19.1 Å². The number of fused-ring (bicyclic) bond motifs is 1. The van der Waals surface area contributed by atoms with Gasteiger partial charge in [0.1, 0.15) is 5.01 Å². The van der Waals surface area contributed by atoms with Crippen LogP contribution in [0.2, 0.25) is 0 Å². The van der Waals surface area contributed by atoms with Crippen LogP contribution in [0.25, 0.3) is 4.96 Å². The summed E-state index contributed by atoms with van der Waals surface area (Å²) in [7, 11) is 0. The van der Waals surface area contributed by atoms with Crippen molar-refractivity contribution in [3.8, 4) is 0 Å². The van der Waals surface area contributed by atoms with Crippen LogP contribution in [-0.2, 0) is 10.3 Å². The molecule has 1 aliphatic rings. The number of nitrogens with zero attached hydrogens (tertiary/aromatic N) is 4. The average Bonchev–Trinajstić information content (AvgIpc) is 2.88. The summed E-state index contributed by atoms with van der Waals surface area (Å²) in [5.41, 5.74) is 6.07. The van der Waals surface area contributed by atoms with Crippen LogP contribution in [0.1, 0.15) is 43.4 Å². The smallest absolute Gasteiger partial charge is 0.234 e. The molecular formula is C11H17N5OS. The molecule has 0 radical (unpaired) electrons. The predicted molar refractivity (Wildman–Crippen MR) is 68.7 cm³/mol. The van der Waals surface area contributed by atoms with Crippen molar-refractivity contribution in [1.29, 1.82) is 0 Å². The van der Waals surface area contributed by atoms with Crippen molar-refractivity contribution in [1.82, 2.24) is 19.8 Å². The molecule has 0 aromatic carbocycles. The van der Waals surface area contributed by atoms with Crippen molar-refractivity contribution >= 4 is 16.3 Å². The molecule has 0 bridgehead atoms. The highest BCUT2D eigenvalue weighted by Gasteiger charge is 2.34.